The summed E-state index contributed by atoms with van der Waals surface area (Å²) >= 11 is 0. The number of morpholine rings is 1. The molecule has 0 amide bonds. The fraction of sp³-hybridized carbons (Fsp3) is 0.562. The van der Waals surface area contributed by atoms with Gasteiger partial charge in [-0.3, -0.25) is 4.90 Å². The maximum Gasteiger partial charge on any atom is 0.417 e. The molecule has 1 aliphatic rings. The summed E-state index contributed by atoms with van der Waals surface area (Å²) in [6.45, 7) is 4.94. The smallest absolute Gasteiger partial charge is 0.387 e. The number of β-amino-alcohol motifs (C(OH)–C–C–N with tert-alkyl or cyclic N) is 1. The van der Waals surface area contributed by atoms with Crippen LogP contribution in [-0.4, -0.2) is 55.0 Å². The van der Waals surface area contributed by atoms with Crippen LogP contribution in [0.4, 0.5) is 18.9 Å². The van der Waals surface area contributed by atoms with Gasteiger partial charge in [-0.15, -0.1) is 0 Å². The first kappa shape index (κ1) is 18.5. The Morgan fingerprint density at radius 2 is 2.00 bits per heavy atom. The molecule has 0 unspecified atom stereocenters. The van der Waals surface area contributed by atoms with Gasteiger partial charge in [-0.05, 0) is 25.1 Å². The average molecular weight is 343 g/mol. The molecule has 0 aliphatic carbocycles. The van der Waals surface area contributed by atoms with Gasteiger partial charge in [-0.2, -0.15) is 18.4 Å². The highest BCUT2D eigenvalue weighted by Gasteiger charge is 2.33. The monoisotopic (exact) mass is 343 g/mol. The Hall–Kier alpha value is -1.82. The Balaban J connectivity index is 1.99. The van der Waals surface area contributed by atoms with E-state index in [1.54, 1.807) is 13.0 Å². The van der Waals surface area contributed by atoms with Crippen LogP contribution in [0.1, 0.15) is 18.1 Å². The molecular formula is C16H20F3N3O2. The molecule has 1 aliphatic heterocycles. The molecule has 0 saturated carbocycles. The van der Waals surface area contributed by atoms with Crippen molar-refractivity contribution in [1.82, 2.24) is 4.90 Å². The van der Waals surface area contributed by atoms with E-state index in [4.69, 9.17) is 10.00 Å². The molecular weight excluding hydrogens is 323 g/mol. The normalized spacial score (nSPS) is 18.7. The van der Waals surface area contributed by atoms with E-state index in [1.165, 1.54) is 6.07 Å². The minimum Gasteiger partial charge on any atom is -0.387 e. The number of hydrogen-bond acceptors (Lipinski definition) is 5. The summed E-state index contributed by atoms with van der Waals surface area (Å²) in [5.74, 6) is 0. The van der Waals surface area contributed by atoms with Crippen LogP contribution in [0.15, 0.2) is 18.2 Å². The van der Waals surface area contributed by atoms with E-state index >= 15 is 0 Å². The first-order chi connectivity index (χ1) is 11.2. The van der Waals surface area contributed by atoms with Crippen molar-refractivity contribution in [3.05, 3.63) is 29.3 Å². The molecule has 1 fully saturated rings. The van der Waals surface area contributed by atoms with Gasteiger partial charge in [0.05, 0.1) is 36.0 Å². The lowest BCUT2D eigenvalue weighted by atomic mass is 10.0. The van der Waals surface area contributed by atoms with Gasteiger partial charge in [0, 0.05) is 31.9 Å². The summed E-state index contributed by atoms with van der Waals surface area (Å²) < 4.78 is 43.6. The molecule has 1 atom stereocenters. The van der Waals surface area contributed by atoms with Gasteiger partial charge in [0.1, 0.15) is 0 Å². The second-order valence-corrected chi connectivity index (χ2v) is 6.11. The molecule has 1 aromatic rings. The lowest BCUT2D eigenvalue weighted by molar-refractivity contribution is -0.137. The topological polar surface area (TPSA) is 68.5 Å². The quantitative estimate of drug-likeness (QED) is 0.857. The zero-order chi connectivity index (χ0) is 17.8. The number of nitriles is 1. The Labute approximate surface area is 138 Å². The van der Waals surface area contributed by atoms with Crippen LogP contribution >= 0.6 is 0 Å². The molecule has 0 aromatic heterocycles. The van der Waals surface area contributed by atoms with Crippen molar-refractivity contribution in [2.24, 2.45) is 0 Å². The Morgan fingerprint density at radius 1 is 1.33 bits per heavy atom. The average Bonchev–Trinajstić information content (AvgIpc) is 2.52. The van der Waals surface area contributed by atoms with Gasteiger partial charge >= 0.3 is 6.18 Å². The number of hydrogen-bond donors (Lipinski definition) is 2. The zero-order valence-electron chi connectivity index (χ0n) is 13.4. The standard InChI is InChI=1S/C16H20F3N3O2/c1-15(23,11-22-4-6-24-7-5-22)10-21-13-2-3-14(16(17,18)19)12(8-13)9-20/h2-3,8,21,23H,4-7,10-11H2,1H3/t15-/m1/s1. The van der Waals surface area contributed by atoms with Crippen LogP contribution in [-0.2, 0) is 10.9 Å². The molecule has 1 heterocycles. The summed E-state index contributed by atoms with van der Waals surface area (Å²) in [7, 11) is 0. The SMILES string of the molecule is C[C@@](O)(CNc1ccc(C(F)(F)F)c(C#N)c1)CN1CCOCC1. The van der Waals surface area contributed by atoms with Crippen molar-refractivity contribution in [1.29, 1.82) is 5.26 Å². The Kier molecular flexibility index (Phi) is 5.70. The lowest BCUT2D eigenvalue weighted by Gasteiger charge is -2.34. The van der Waals surface area contributed by atoms with Crippen molar-refractivity contribution >= 4 is 5.69 Å². The van der Waals surface area contributed by atoms with E-state index in [0.29, 0.717) is 25.4 Å². The van der Waals surface area contributed by atoms with Crippen LogP contribution in [0.25, 0.3) is 0 Å². The lowest BCUT2D eigenvalue weighted by Crippen LogP contribution is -2.49. The third-order valence-electron chi connectivity index (χ3n) is 3.79. The summed E-state index contributed by atoms with van der Waals surface area (Å²) in [5.41, 5.74) is -2.11. The van der Waals surface area contributed by atoms with E-state index in [2.05, 4.69) is 10.2 Å². The van der Waals surface area contributed by atoms with Crippen LogP contribution in [0.2, 0.25) is 0 Å². The minimum atomic E-state index is -4.56. The predicted molar refractivity (Wildman–Crippen MR) is 82.5 cm³/mol. The first-order valence-corrected chi connectivity index (χ1v) is 7.59. The number of anilines is 1. The largest absolute Gasteiger partial charge is 0.417 e. The van der Waals surface area contributed by atoms with Gasteiger partial charge in [-0.1, -0.05) is 0 Å². The van der Waals surface area contributed by atoms with E-state index in [9.17, 15) is 18.3 Å². The number of alkyl halides is 3. The van der Waals surface area contributed by atoms with Gasteiger partial charge in [0.15, 0.2) is 0 Å². The summed E-state index contributed by atoms with van der Waals surface area (Å²) in [6.07, 6.45) is -4.56. The first-order valence-electron chi connectivity index (χ1n) is 7.59. The van der Waals surface area contributed by atoms with E-state index < -0.39 is 22.9 Å². The van der Waals surface area contributed by atoms with Crippen molar-refractivity contribution in [3.8, 4) is 6.07 Å². The molecule has 1 aromatic carbocycles. The third-order valence-corrected chi connectivity index (χ3v) is 3.79. The van der Waals surface area contributed by atoms with Crippen LogP contribution in [0.5, 0.6) is 0 Å². The van der Waals surface area contributed by atoms with Gasteiger partial charge in [-0.25, -0.2) is 0 Å². The molecule has 0 radical (unpaired) electrons. The van der Waals surface area contributed by atoms with E-state index in [1.807, 2.05) is 0 Å². The molecule has 0 bridgehead atoms. The van der Waals surface area contributed by atoms with Crippen LogP contribution in [0, 0.1) is 11.3 Å². The number of nitrogens with one attached hydrogen (secondary N) is 1. The fourth-order valence-electron chi connectivity index (χ4n) is 2.58. The maximum atomic E-state index is 12.8. The van der Waals surface area contributed by atoms with Gasteiger partial charge < -0.3 is 15.2 Å². The summed E-state index contributed by atoms with van der Waals surface area (Å²) in [6, 6.07) is 4.84. The van der Waals surface area contributed by atoms with Gasteiger partial charge in [0.25, 0.3) is 0 Å². The summed E-state index contributed by atoms with van der Waals surface area (Å²) in [5, 5.41) is 22.3. The number of nitrogens with zero attached hydrogens (tertiary/aromatic N) is 2. The maximum absolute atomic E-state index is 12.8. The molecule has 8 heteroatoms. The molecule has 24 heavy (non-hydrogen) atoms. The van der Waals surface area contributed by atoms with Crippen LogP contribution < -0.4 is 5.32 Å². The molecule has 2 rings (SSSR count). The number of halogens is 3. The van der Waals surface area contributed by atoms with Gasteiger partial charge in [0.2, 0.25) is 0 Å². The Bertz CT molecular complexity index is 606. The highest BCUT2D eigenvalue weighted by molar-refractivity contribution is 5.53. The minimum absolute atomic E-state index is 0.153. The highest BCUT2D eigenvalue weighted by atomic mass is 19.4. The zero-order valence-corrected chi connectivity index (χ0v) is 13.4. The Morgan fingerprint density at radius 3 is 2.58 bits per heavy atom. The van der Waals surface area contributed by atoms with Crippen molar-refractivity contribution in [2.45, 2.75) is 18.7 Å². The molecule has 5 nitrogen and oxygen atoms in total. The van der Waals surface area contributed by atoms with Crippen LogP contribution in [0.3, 0.4) is 0 Å². The summed E-state index contributed by atoms with van der Waals surface area (Å²) in [4.78, 5) is 2.07. The van der Waals surface area contributed by atoms with Crippen molar-refractivity contribution < 1.29 is 23.0 Å². The molecule has 1 saturated heterocycles. The second-order valence-electron chi connectivity index (χ2n) is 6.11. The number of ether oxygens (including phenoxy) is 1. The molecule has 132 valence electrons. The number of aliphatic hydroxyl groups is 1. The fourth-order valence-corrected chi connectivity index (χ4v) is 2.58. The second kappa shape index (κ2) is 7.38. The number of benzene rings is 1. The molecule has 2 N–H and O–H groups in total. The van der Waals surface area contributed by atoms with E-state index in [-0.39, 0.29) is 6.54 Å². The third kappa shape index (κ3) is 5.09. The predicted octanol–water partition coefficient (Wildman–Crippen LogP) is 2.07. The molecule has 0 spiro atoms. The number of rotatable bonds is 5. The van der Waals surface area contributed by atoms with Crippen molar-refractivity contribution in [2.75, 3.05) is 44.7 Å². The van der Waals surface area contributed by atoms with Crippen molar-refractivity contribution in [3.63, 3.8) is 0 Å². The van der Waals surface area contributed by atoms with E-state index in [0.717, 1.165) is 25.2 Å². The highest BCUT2D eigenvalue weighted by Crippen LogP contribution is 2.33.